The van der Waals surface area contributed by atoms with Gasteiger partial charge < -0.3 is 10.4 Å². The molecule has 5 nitrogen and oxygen atoms in total. The Kier molecular flexibility index (Phi) is 5.04. The fraction of sp³-hybridized carbons (Fsp3) is 0.444. The summed E-state index contributed by atoms with van der Waals surface area (Å²) in [6, 6.07) is 4.82. The first-order chi connectivity index (χ1) is 12.2. The first kappa shape index (κ1) is 18.4. The van der Waals surface area contributed by atoms with Crippen LogP contribution in [0.3, 0.4) is 0 Å². The molecule has 1 amide bonds. The summed E-state index contributed by atoms with van der Waals surface area (Å²) in [6.45, 7) is 1.98. The Balaban J connectivity index is 1.66. The van der Waals surface area contributed by atoms with Crippen molar-refractivity contribution in [2.24, 2.45) is 5.92 Å². The van der Waals surface area contributed by atoms with Gasteiger partial charge in [-0.05, 0) is 49.4 Å². The Labute approximate surface area is 148 Å². The smallest absolute Gasteiger partial charge is 0.391 e. The molecule has 1 aromatic carbocycles. The van der Waals surface area contributed by atoms with E-state index in [-0.39, 0.29) is 17.0 Å². The molecule has 3 rings (SSSR count). The Morgan fingerprint density at radius 3 is 2.81 bits per heavy atom. The first-order valence-electron chi connectivity index (χ1n) is 8.38. The van der Waals surface area contributed by atoms with Gasteiger partial charge in [0.2, 0.25) is 0 Å². The van der Waals surface area contributed by atoms with E-state index in [1.54, 1.807) is 16.9 Å². The van der Waals surface area contributed by atoms with E-state index >= 15 is 0 Å². The van der Waals surface area contributed by atoms with E-state index in [4.69, 9.17) is 0 Å². The van der Waals surface area contributed by atoms with Gasteiger partial charge in [0.05, 0.1) is 17.7 Å². The van der Waals surface area contributed by atoms with Crippen LogP contribution in [0.1, 0.15) is 34.3 Å². The molecule has 1 unspecified atom stereocenters. The highest BCUT2D eigenvalue weighted by molar-refractivity contribution is 5.94. The Morgan fingerprint density at radius 1 is 1.38 bits per heavy atom. The molecule has 0 saturated heterocycles. The highest BCUT2D eigenvalue weighted by Gasteiger charge is 2.36. The monoisotopic (exact) mass is 367 g/mol. The molecule has 1 aliphatic rings. The van der Waals surface area contributed by atoms with E-state index in [0.29, 0.717) is 19.4 Å². The molecular weight excluding hydrogens is 347 g/mol. The quantitative estimate of drug-likeness (QED) is 0.873. The zero-order valence-corrected chi connectivity index (χ0v) is 14.2. The van der Waals surface area contributed by atoms with Crippen LogP contribution >= 0.6 is 0 Å². The molecule has 0 bridgehead atoms. The van der Waals surface area contributed by atoms with Crippen LogP contribution in [0.4, 0.5) is 13.2 Å². The number of aliphatic hydroxyl groups excluding tert-OH is 1. The summed E-state index contributed by atoms with van der Waals surface area (Å²) in [7, 11) is 0. The summed E-state index contributed by atoms with van der Waals surface area (Å²) in [5.74, 6) is -0.474. The predicted octanol–water partition coefficient (Wildman–Crippen LogP) is 2.78. The van der Waals surface area contributed by atoms with Gasteiger partial charge in [-0.1, -0.05) is 6.07 Å². The van der Waals surface area contributed by atoms with Crippen molar-refractivity contribution >= 4 is 5.91 Å². The van der Waals surface area contributed by atoms with E-state index in [1.807, 2.05) is 6.20 Å². The number of rotatable bonds is 4. The highest BCUT2D eigenvalue weighted by Crippen LogP contribution is 2.32. The van der Waals surface area contributed by atoms with Gasteiger partial charge in [-0.2, -0.15) is 18.3 Å². The van der Waals surface area contributed by atoms with Crippen molar-refractivity contribution in [3.63, 3.8) is 0 Å². The molecule has 1 heterocycles. The normalized spacial score (nSPS) is 23.2. The maximum Gasteiger partial charge on any atom is 0.416 e. The van der Waals surface area contributed by atoms with Crippen LogP contribution in [0.2, 0.25) is 0 Å². The number of alkyl halides is 3. The lowest BCUT2D eigenvalue weighted by Crippen LogP contribution is -2.40. The number of halogens is 3. The second-order valence-corrected chi connectivity index (χ2v) is 6.74. The molecule has 1 aliphatic carbocycles. The Hall–Kier alpha value is -2.35. The van der Waals surface area contributed by atoms with Gasteiger partial charge in [0.15, 0.2) is 0 Å². The van der Waals surface area contributed by atoms with E-state index < -0.39 is 29.8 Å². The summed E-state index contributed by atoms with van der Waals surface area (Å²) < 4.78 is 40.8. The summed E-state index contributed by atoms with van der Waals surface area (Å²) >= 11 is 0. The summed E-state index contributed by atoms with van der Waals surface area (Å²) in [5, 5.41) is 17.0. The van der Waals surface area contributed by atoms with Crippen molar-refractivity contribution in [2.45, 2.75) is 44.6 Å². The maximum atomic E-state index is 13.0. The molecule has 0 spiro atoms. The molecule has 1 aromatic heterocycles. The Morgan fingerprint density at radius 2 is 2.15 bits per heavy atom. The summed E-state index contributed by atoms with van der Waals surface area (Å²) in [5.41, 5.74) is -0.825. The minimum atomic E-state index is -4.51. The van der Waals surface area contributed by atoms with E-state index in [2.05, 4.69) is 10.4 Å². The summed E-state index contributed by atoms with van der Waals surface area (Å²) in [6.07, 6.45) is -0.699. The lowest BCUT2D eigenvalue weighted by atomic mass is 10.0. The van der Waals surface area contributed by atoms with Crippen LogP contribution in [0.5, 0.6) is 0 Å². The van der Waals surface area contributed by atoms with Crippen molar-refractivity contribution < 1.29 is 23.1 Å². The standard InChI is InChI=1S/C18H20F3N3O2/c1-11-3-4-13(9-14(11)18(19,20)21)17(26)23-15-7-12(8-16(15)25)10-24-6-2-5-22-24/h2-6,9,12,15-16,25H,7-8,10H2,1H3,(H,23,26)/t12?,15-,16-/m1/s1. The highest BCUT2D eigenvalue weighted by atomic mass is 19.4. The molecule has 140 valence electrons. The van der Waals surface area contributed by atoms with Gasteiger partial charge >= 0.3 is 6.18 Å². The minimum Gasteiger partial charge on any atom is -0.391 e. The van der Waals surface area contributed by atoms with Crippen LogP contribution < -0.4 is 5.32 Å². The SMILES string of the molecule is Cc1ccc(C(=O)N[C@@H]2CC(Cn3cccn3)C[C@H]2O)cc1C(F)(F)F. The van der Waals surface area contributed by atoms with Gasteiger partial charge in [0.25, 0.3) is 5.91 Å². The fourth-order valence-corrected chi connectivity index (χ4v) is 3.42. The molecule has 0 aliphatic heterocycles. The minimum absolute atomic E-state index is 0.0641. The Bertz CT molecular complexity index is 774. The van der Waals surface area contributed by atoms with Crippen LogP contribution in [0, 0.1) is 12.8 Å². The number of aliphatic hydroxyl groups is 1. The number of hydrogen-bond acceptors (Lipinski definition) is 3. The second-order valence-electron chi connectivity index (χ2n) is 6.74. The van der Waals surface area contributed by atoms with Crippen molar-refractivity contribution in [3.05, 3.63) is 53.3 Å². The number of nitrogens with zero attached hydrogens (tertiary/aromatic N) is 2. The van der Waals surface area contributed by atoms with Gasteiger partial charge in [-0.15, -0.1) is 0 Å². The maximum absolute atomic E-state index is 13.0. The average molecular weight is 367 g/mol. The number of hydrogen-bond donors (Lipinski definition) is 2. The van der Waals surface area contributed by atoms with Crippen molar-refractivity contribution in [1.29, 1.82) is 0 Å². The molecule has 1 saturated carbocycles. The molecule has 26 heavy (non-hydrogen) atoms. The lowest BCUT2D eigenvalue weighted by Gasteiger charge is -2.17. The lowest BCUT2D eigenvalue weighted by molar-refractivity contribution is -0.138. The second kappa shape index (κ2) is 7.11. The third-order valence-electron chi connectivity index (χ3n) is 4.75. The number of amides is 1. The van der Waals surface area contributed by atoms with Crippen LogP contribution in [-0.4, -0.2) is 32.9 Å². The van der Waals surface area contributed by atoms with Crippen molar-refractivity contribution in [2.75, 3.05) is 0 Å². The molecule has 2 N–H and O–H groups in total. The van der Waals surface area contributed by atoms with E-state index in [1.165, 1.54) is 19.1 Å². The average Bonchev–Trinajstić information content (AvgIpc) is 3.17. The topological polar surface area (TPSA) is 67.2 Å². The van der Waals surface area contributed by atoms with Gasteiger partial charge in [-0.3, -0.25) is 9.48 Å². The zero-order chi connectivity index (χ0) is 18.9. The summed E-state index contributed by atoms with van der Waals surface area (Å²) in [4.78, 5) is 12.4. The number of nitrogens with one attached hydrogen (secondary N) is 1. The molecule has 2 aromatic rings. The third-order valence-corrected chi connectivity index (χ3v) is 4.75. The molecule has 3 atom stereocenters. The van der Waals surface area contributed by atoms with Gasteiger partial charge in [0.1, 0.15) is 0 Å². The molecule has 1 fully saturated rings. The predicted molar refractivity (Wildman–Crippen MR) is 88.4 cm³/mol. The molecule has 8 heteroatoms. The first-order valence-corrected chi connectivity index (χ1v) is 8.38. The largest absolute Gasteiger partial charge is 0.416 e. The van der Waals surface area contributed by atoms with Crippen LogP contribution in [0.25, 0.3) is 0 Å². The van der Waals surface area contributed by atoms with Crippen molar-refractivity contribution in [1.82, 2.24) is 15.1 Å². The molecule has 0 radical (unpaired) electrons. The number of carbonyl (C=O) groups is 1. The van der Waals surface area contributed by atoms with E-state index in [0.717, 1.165) is 6.07 Å². The number of aryl methyl sites for hydroxylation is 1. The fourth-order valence-electron chi connectivity index (χ4n) is 3.42. The number of benzene rings is 1. The van der Waals surface area contributed by atoms with Crippen molar-refractivity contribution in [3.8, 4) is 0 Å². The van der Waals surface area contributed by atoms with Gasteiger partial charge in [0, 0.05) is 24.5 Å². The van der Waals surface area contributed by atoms with Crippen LogP contribution in [0.15, 0.2) is 36.7 Å². The van der Waals surface area contributed by atoms with Crippen LogP contribution in [-0.2, 0) is 12.7 Å². The zero-order valence-electron chi connectivity index (χ0n) is 14.2. The number of carbonyl (C=O) groups excluding carboxylic acids is 1. The van der Waals surface area contributed by atoms with Gasteiger partial charge in [-0.25, -0.2) is 0 Å². The van der Waals surface area contributed by atoms with E-state index in [9.17, 15) is 23.1 Å². The number of aromatic nitrogens is 2. The third kappa shape index (κ3) is 4.07. The molecular formula is C18H20F3N3O2.